The van der Waals surface area contributed by atoms with Crippen LogP contribution in [0.1, 0.15) is 22.3 Å². The second kappa shape index (κ2) is 8.92. The van der Waals surface area contributed by atoms with Crippen molar-refractivity contribution in [2.45, 2.75) is 19.0 Å². The normalized spacial score (nSPS) is 17.7. The van der Waals surface area contributed by atoms with E-state index in [9.17, 15) is 14.3 Å². The summed E-state index contributed by atoms with van der Waals surface area (Å²) in [5.41, 5.74) is 1.18. The fraction of sp³-hybridized carbons (Fsp3) is 0.400. The molecule has 1 aliphatic rings. The number of hydrogen-bond acceptors (Lipinski definition) is 5. The predicted octanol–water partition coefficient (Wildman–Crippen LogP) is 1.65. The molecule has 144 valence electrons. The quantitative estimate of drug-likeness (QED) is 0.807. The van der Waals surface area contributed by atoms with E-state index in [2.05, 4.69) is 20.1 Å². The van der Waals surface area contributed by atoms with Gasteiger partial charge in [0.2, 0.25) is 0 Å². The van der Waals surface area contributed by atoms with Crippen molar-refractivity contribution in [2.75, 3.05) is 38.2 Å². The summed E-state index contributed by atoms with van der Waals surface area (Å²) in [6.07, 6.45) is 2.25. The number of hydrogen-bond donors (Lipinski definition) is 2. The first-order valence-electron chi connectivity index (χ1n) is 9.14. The van der Waals surface area contributed by atoms with Crippen molar-refractivity contribution < 1.29 is 14.3 Å². The lowest BCUT2D eigenvalue weighted by molar-refractivity contribution is 0.0962. The Bertz CT molecular complexity index is 786. The third-order valence-corrected chi connectivity index (χ3v) is 4.96. The molecular formula is C20H25FN4O2. The fourth-order valence-electron chi connectivity index (χ4n) is 3.52. The number of benzene rings is 1. The second-order valence-electron chi connectivity index (χ2n) is 6.63. The number of anilines is 1. The van der Waals surface area contributed by atoms with Gasteiger partial charge in [-0.15, -0.1) is 0 Å². The zero-order valence-corrected chi connectivity index (χ0v) is 15.4. The lowest BCUT2D eigenvalue weighted by atomic mass is 10.1. The first kappa shape index (κ1) is 19.3. The van der Waals surface area contributed by atoms with Gasteiger partial charge >= 0.3 is 0 Å². The molecule has 1 aromatic carbocycles. The smallest absolute Gasteiger partial charge is 0.254 e. The highest BCUT2D eigenvalue weighted by atomic mass is 19.1. The van der Waals surface area contributed by atoms with E-state index in [0.29, 0.717) is 49.5 Å². The minimum absolute atomic E-state index is 0.0444. The maximum Gasteiger partial charge on any atom is 0.254 e. The van der Waals surface area contributed by atoms with Gasteiger partial charge < -0.3 is 15.3 Å². The minimum atomic E-state index is -0.214. The molecule has 27 heavy (non-hydrogen) atoms. The Morgan fingerprint density at radius 2 is 2.11 bits per heavy atom. The highest BCUT2D eigenvalue weighted by molar-refractivity contribution is 5.98. The molecule has 7 heteroatoms. The van der Waals surface area contributed by atoms with Crippen molar-refractivity contribution in [3.63, 3.8) is 0 Å². The summed E-state index contributed by atoms with van der Waals surface area (Å²) in [5.74, 6) is 0.255. The van der Waals surface area contributed by atoms with Gasteiger partial charge in [-0.25, -0.2) is 9.37 Å². The van der Waals surface area contributed by atoms with Crippen LogP contribution >= 0.6 is 0 Å². The number of carbonyl (C=O) groups excluding carboxylic acids is 1. The van der Waals surface area contributed by atoms with Crippen molar-refractivity contribution in [3.05, 3.63) is 59.5 Å². The van der Waals surface area contributed by atoms with Gasteiger partial charge in [0.25, 0.3) is 5.91 Å². The SMILES string of the molecule is CNC(=O)c1cccnc1N1CCN(Cc2ccccc2F)[C@H](CCO)C1. The van der Waals surface area contributed by atoms with Crippen molar-refractivity contribution in [1.82, 2.24) is 15.2 Å². The number of pyridine rings is 1. The molecule has 6 nitrogen and oxygen atoms in total. The monoisotopic (exact) mass is 372 g/mol. The van der Waals surface area contributed by atoms with Crippen LogP contribution in [0, 0.1) is 5.82 Å². The molecule has 1 amide bonds. The number of aliphatic hydroxyl groups excluding tert-OH is 1. The number of aromatic nitrogens is 1. The molecule has 0 spiro atoms. The molecular weight excluding hydrogens is 347 g/mol. The van der Waals surface area contributed by atoms with Crippen LogP contribution in [-0.2, 0) is 6.54 Å². The summed E-state index contributed by atoms with van der Waals surface area (Å²) < 4.78 is 14.0. The summed E-state index contributed by atoms with van der Waals surface area (Å²) in [6.45, 7) is 2.54. The minimum Gasteiger partial charge on any atom is -0.396 e. The molecule has 3 rings (SSSR count). The average molecular weight is 372 g/mol. The van der Waals surface area contributed by atoms with Crippen LogP contribution in [0.15, 0.2) is 42.6 Å². The number of piperazine rings is 1. The predicted molar refractivity (Wildman–Crippen MR) is 102 cm³/mol. The summed E-state index contributed by atoms with van der Waals surface area (Å²) in [7, 11) is 1.60. The van der Waals surface area contributed by atoms with Gasteiger partial charge in [0.1, 0.15) is 11.6 Å². The highest BCUT2D eigenvalue weighted by Gasteiger charge is 2.29. The lowest BCUT2D eigenvalue weighted by Crippen LogP contribution is -2.53. The number of amides is 1. The Kier molecular flexibility index (Phi) is 6.36. The fourth-order valence-corrected chi connectivity index (χ4v) is 3.52. The van der Waals surface area contributed by atoms with Crippen LogP contribution in [0.2, 0.25) is 0 Å². The van der Waals surface area contributed by atoms with E-state index in [0.717, 1.165) is 0 Å². The van der Waals surface area contributed by atoms with E-state index >= 15 is 0 Å². The maximum absolute atomic E-state index is 14.0. The zero-order chi connectivity index (χ0) is 19.2. The number of aliphatic hydroxyl groups is 1. The van der Waals surface area contributed by atoms with Crippen LogP contribution in [0.3, 0.4) is 0 Å². The van der Waals surface area contributed by atoms with Gasteiger partial charge in [-0.2, -0.15) is 0 Å². The molecule has 0 bridgehead atoms. The molecule has 2 heterocycles. The summed E-state index contributed by atoms with van der Waals surface area (Å²) in [5, 5.41) is 12.1. The van der Waals surface area contributed by atoms with E-state index in [4.69, 9.17) is 0 Å². The van der Waals surface area contributed by atoms with Gasteiger partial charge in [-0.05, 0) is 24.6 Å². The van der Waals surface area contributed by atoms with Crippen molar-refractivity contribution in [2.24, 2.45) is 0 Å². The summed E-state index contributed by atoms with van der Waals surface area (Å²) in [6, 6.07) is 10.3. The molecule has 1 aromatic heterocycles. The van der Waals surface area contributed by atoms with E-state index in [-0.39, 0.29) is 24.4 Å². The molecule has 2 N–H and O–H groups in total. The van der Waals surface area contributed by atoms with E-state index < -0.39 is 0 Å². The number of carbonyl (C=O) groups is 1. The van der Waals surface area contributed by atoms with Crippen LogP contribution in [0.4, 0.5) is 10.2 Å². The molecule has 0 saturated carbocycles. The standard InChI is InChI=1S/C20H25FN4O2/c1-22-20(27)17-6-4-9-23-19(17)25-11-10-24(16(14-25)8-12-26)13-15-5-2-3-7-18(15)21/h2-7,9,16,26H,8,10-14H2,1H3,(H,22,27)/t16-/m1/s1. The second-order valence-corrected chi connectivity index (χ2v) is 6.63. The van der Waals surface area contributed by atoms with Gasteiger partial charge in [0, 0.05) is 57.6 Å². The van der Waals surface area contributed by atoms with Crippen LogP contribution in [-0.4, -0.2) is 60.2 Å². The number of nitrogens with one attached hydrogen (secondary N) is 1. The van der Waals surface area contributed by atoms with Crippen molar-refractivity contribution >= 4 is 11.7 Å². The molecule has 1 fully saturated rings. The summed E-state index contributed by atoms with van der Waals surface area (Å²) >= 11 is 0. The third kappa shape index (κ3) is 4.43. The van der Waals surface area contributed by atoms with E-state index in [1.54, 1.807) is 37.5 Å². The summed E-state index contributed by atoms with van der Waals surface area (Å²) in [4.78, 5) is 20.8. The topological polar surface area (TPSA) is 68.7 Å². The van der Waals surface area contributed by atoms with Gasteiger partial charge in [0.15, 0.2) is 0 Å². The maximum atomic E-state index is 14.0. The molecule has 0 unspecified atom stereocenters. The number of nitrogens with zero attached hydrogens (tertiary/aromatic N) is 3. The van der Waals surface area contributed by atoms with Gasteiger partial charge in [0.05, 0.1) is 5.56 Å². The molecule has 0 radical (unpaired) electrons. The zero-order valence-electron chi connectivity index (χ0n) is 15.4. The highest BCUT2D eigenvalue weighted by Crippen LogP contribution is 2.24. The molecule has 1 aliphatic heterocycles. The third-order valence-electron chi connectivity index (χ3n) is 4.96. The van der Waals surface area contributed by atoms with E-state index in [1.165, 1.54) is 6.07 Å². The van der Waals surface area contributed by atoms with E-state index in [1.807, 2.05) is 6.07 Å². The first-order valence-corrected chi connectivity index (χ1v) is 9.14. The largest absolute Gasteiger partial charge is 0.396 e. The van der Waals surface area contributed by atoms with Crippen LogP contribution in [0.5, 0.6) is 0 Å². The Hall–Kier alpha value is -2.51. The molecule has 1 atom stereocenters. The molecule has 0 aliphatic carbocycles. The Morgan fingerprint density at radius 1 is 1.30 bits per heavy atom. The van der Waals surface area contributed by atoms with Crippen molar-refractivity contribution in [3.8, 4) is 0 Å². The lowest BCUT2D eigenvalue weighted by Gasteiger charge is -2.42. The van der Waals surface area contributed by atoms with Crippen molar-refractivity contribution in [1.29, 1.82) is 0 Å². The Morgan fingerprint density at radius 3 is 2.85 bits per heavy atom. The molecule has 2 aromatic rings. The molecule has 1 saturated heterocycles. The van der Waals surface area contributed by atoms with Crippen LogP contribution < -0.4 is 10.2 Å². The Balaban J connectivity index is 1.78. The number of rotatable bonds is 6. The van der Waals surface area contributed by atoms with Gasteiger partial charge in [-0.3, -0.25) is 9.69 Å². The van der Waals surface area contributed by atoms with Gasteiger partial charge in [-0.1, -0.05) is 18.2 Å². The first-order chi connectivity index (χ1) is 13.1. The Labute approximate surface area is 158 Å². The van der Waals surface area contributed by atoms with Crippen LogP contribution in [0.25, 0.3) is 0 Å². The number of halogens is 1. The average Bonchev–Trinajstić information content (AvgIpc) is 2.70.